The van der Waals surface area contributed by atoms with Crippen LogP contribution in [0.25, 0.3) is 11.4 Å². The Balaban J connectivity index is 1.55. The maximum absolute atomic E-state index is 11.8. The van der Waals surface area contributed by atoms with Gasteiger partial charge in [-0.15, -0.1) is 10.2 Å². The maximum atomic E-state index is 11.8. The van der Waals surface area contributed by atoms with Gasteiger partial charge >= 0.3 is 0 Å². The van der Waals surface area contributed by atoms with Crippen LogP contribution in [0.3, 0.4) is 0 Å². The van der Waals surface area contributed by atoms with Gasteiger partial charge in [-0.05, 0) is 43.2 Å². The van der Waals surface area contributed by atoms with Crippen molar-refractivity contribution in [3.63, 3.8) is 0 Å². The number of amides is 1. The normalized spacial score (nSPS) is 18.6. The molecule has 0 radical (unpaired) electrons. The van der Waals surface area contributed by atoms with Crippen molar-refractivity contribution < 1.29 is 4.79 Å². The number of rotatable bonds is 6. The van der Waals surface area contributed by atoms with E-state index in [0.29, 0.717) is 17.5 Å². The molecule has 10 heteroatoms. The molecular weight excluding hydrogens is 382 g/mol. The van der Waals surface area contributed by atoms with Crippen molar-refractivity contribution in [2.75, 3.05) is 10.6 Å². The minimum atomic E-state index is -0.715. The third-order valence-electron chi connectivity index (χ3n) is 5.03. The molecule has 0 bridgehead atoms. The van der Waals surface area contributed by atoms with E-state index in [1.165, 1.54) is 0 Å². The number of hydrogen-bond acceptors (Lipinski definition) is 9. The first kappa shape index (κ1) is 19.6. The Morgan fingerprint density at radius 2 is 1.77 bits per heavy atom. The molecule has 1 aliphatic rings. The molecule has 10 nitrogen and oxygen atoms in total. The predicted molar refractivity (Wildman–Crippen MR) is 113 cm³/mol. The lowest BCUT2D eigenvalue weighted by atomic mass is 9.91. The number of benzene rings is 1. The lowest BCUT2D eigenvalue weighted by Gasteiger charge is -2.29. The van der Waals surface area contributed by atoms with Crippen LogP contribution in [0.15, 0.2) is 42.7 Å². The van der Waals surface area contributed by atoms with Crippen molar-refractivity contribution in [3.05, 3.63) is 48.4 Å². The number of nitrogens with one attached hydrogen (secondary N) is 2. The Kier molecular flexibility index (Phi) is 5.75. The summed E-state index contributed by atoms with van der Waals surface area (Å²) in [5.74, 6) is 0.445. The first-order chi connectivity index (χ1) is 14.6. The molecule has 2 heterocycles. The van der Waals surface area contributed by atoms with E-state index in [1.807, 2.05) is 24.3 Å². The molecule has 2 aromatic heterocycles. The Labute approximate surface area is 173 Å². The molecule has 1 saturated carbocycles. The molecule has 1 aromatic carbocycles. The van der Waals surface area contributed by atoms with Gasteiger partial charge in [-0.2, -0.15) is 4.98 Å². The Morgan fingerprint density at radius 3 is 2.47 bits per heavy atom. The van der Waals surface area contributed by atoms with E-state index in [1.54, 1.807) is 18.5 Å². The maximum Gasteiger partial charge on any atom is 0.273 e. The topological polar surface area (TPSA) is 158 Å². The summed E-state index contributed by atoms with van der Waals surface area (Å²) in [6.07, 6.45) is 7.48. The van der Waals surface area contributed by atoms with E-state index >= 15 is 0 Å². The highest BCUT2D eigenvalue weighted by molar-refractivity contribution is 5.96. The largest absolute Gasteiger partial charge is 0.364 e. The quantitative estimate of drug-likeness (QED) is 0.480. The number of carbonyl (C=O) groups excluding carboxylic acids is 1. The zero-order chi connectivity index (χ0) is 20.9. The molecule has 4 rings (SSSR count). The molecule has 154 valence electrons. The van der Waals surface area contributed by atoms with Gasteiger partial charge in [0.2, 0.25) is 5.95 Å². The average molecular weight is 405 g/mol. The van der Waals surface area contributed by atoms with E-state index in [-0.39, 0.29) is 23.6 Å². The third-order valence-corrected chi connectivity index (χ3v) is 5.03. The Hall–Kier alpha value is -3.66. The van der Waals surface area contributed by atoms with Crippen LogP contribution in [0.1, 0.15) is 36.2 Å². The summed E-state index contributed by atoms with van der Waals surface area (Å²) in [5, 5.41) is 14.3. The molecule has 0 aliphatic heterocycles. The minimum Gasteiger partial charge on any atom is -0.364 e. The summed E-state index contributed by atoms with van der Waals surface area (Å²) in [5.41, 5.74) is 13.2. The average Bonchev–Trinajstić information content (AvgIpc) is 2.76. The van der Waals surface area contributed by atoms with Crippen molar-refractivity contribution in [3.8, 4) is 11.4 Å². The van der Waals surface area contributed by atoms with Gasteiger partial charge in [0.25, 0.3) is 5.91 Å². The molecule has 1 fully saturated rings. The SMILES string of the molecule is NC(=O)c1nnc(N[C@@H]2CCCC[C@@H]2N)nc1Nc1ccc(-c2ncccn2)cc1. The number of primary amides is 1. The molecule has 0 saturated heterocycles. The van der Waals surface area contributed by atoms with E-state index in [4.69, 9.17) is 11.5 Å². The number of hydrogen-bond donors (Lipinski definition) is 4. The number of anilines is 3. The second-order valence-electron chi connectivity index (χ2n) is 7.17. The van der Waals surface area contributed by atoms with Crippen molar-refractivity contribution >= 4 is 23.4 Å². The van der Waals surface area contributed by atoms with Gasteiger partial charge in [0.1, 0.15) is 0 Å². The third kappa shape index (κ3) is 4.49. The number of carbonyl (C=O) groups is 1. The zero-order valence-electron chi connectivity index (χ0n) is 16.3. The van der Waals surface area contributed by atoms with Gasteiger partial charge in [0.15, 0.2) is 17.3 Å². The smallest absolute Gasteiger partial charge is 0.273 e. The van der Waals surface area contributed by atoms with E-state index in [0.717, 1.165) is 31.2 Å². The molecule has 1 amide bonds. The van der Waals surface area contributed by atoms with Gasteiger partial charge in [-0.25, -0.2) is 9.97 Å². The van der Waals surface area contributed by atoms with Crippen molar-refractivity contribution in [2.45, 2.75) is 37.8 Å². The van der Waals surface area contributed by atoms with Crippen LogP contribution in [0.2, 0.25) is 0 Å². The molecule has 0 spiro atoms. The fourth-order valence-electron chi connectivity index (χ4n) is 3.43. The monoisotopic (exact) mass is 405 g/mol. The fraction of sp³-hybridized carbons (Fsp3) is 0.300. The van der Waals surface area contributed by atoms with Crippen LogP contribution in [-0.2, 0) is 0 Å². The van der Waals surface area contributed by atoms with Crippen molar-refractivity contribution in [2.24, 2.45) is 11.5 Å². The van der Waals surface area contributed by atoms with Crippen molar-refractivity contribution in [1.29, 1.82) is 0 Å². The van der Waals surface area contributed by atoms with Gasteiger partial charge in [-0.1, -0.05) is 12.8 Å². The molecule has 0 unspecified atom stereocenters. The highest BCUT2D eigenvalue weighted by atomic mass is 16.1. The lowest BCUT2D eigenvalue weighted by Crippen LogP contribution is -2.43. The van der Waals surface area contributed by atoms with Crippen molar-refractivity contribution in [1.82, 2.24) is 25.1 Å². The zero-order valence-corrected chi connectivity index (χ0v) is 16.3. The second kappa shape index (κ2) is 8.78. The van der Waals surface area contributed by atoms with Crippen LogP contribution in [0.5, 0.6) is 0 Å². The number of aromatic nitrogens is 5. The van der Waals surface area contributed by atoms with Crippen LogP contribution in [0, 0.1) is 0 Å². The number of nitrogens with two attached hydrogens (primary N) is 2. The van der Waals surface area contributed by atoms with Crippen LogP contribution in [-0.4, -0.2) is 43.1 Å². The first-order valence-corrected chi connectivity index (χ1v) is 9.81. The highest BCUT2D eigenvalue weighted by Crippen LogP contribution is 2.23. The molecule has 30 heavy (non-hydrogen) atoms. The standard InChI is InChI=1S/C20H23N9O/c21-14-4-1-2-5-15(14)26-20-27-19(16(17(22)30)28-29-20)25-13-8-6-12(7-9-13)18-23-10-3-11-24-18/h3,6-11,14-15H,1-2,4-5,21H2,(H2,22,30)(H2,25,26,27,29)/t14-,15+/m0/s1. The summed E-state index contributed by atoms with van der Waals surface area (Å²) in [4.78, 5) is 24.7. The lowest BCUT2D eigenvalue weighted by molar-refractivity contribution is 0.0995. The minimum absolute atomic E-state index is 0.0299. The molecule has 6 N–H and O–H groups in total. The predicted octanol–water partition coefficient (Wildman–Crippen LogP) is 1.85. The second-order valence-corrected chi connectivity index (χ2v) is 7.17. The first-order valence-electron chi connectivity index (χ1n) is 9.81. The number of nitrogens with zero attached hydrogens (tertiary/aromatic N) is 5. The fourth-order valence-corrected chi connectivity index (χ4v) is 3.43. The van der Waals surface area contributed by atoms with E-state index in [9.17, 15) is 4.79 Å². The summed E-state index contributed by atoms with van der Waals surface area (Å²) in [7, 11) is 0. The van der Waals surface area contributed by atoms with Gasteiger partial charge in [0, 0.05) is 35.7 Å². The molecular formula is C20H23N9O. The van der Waals surface area contributed by atoms with Gasteiger partial charge in [-0.3, -0.25) is 4.79 Å². The molecule has 3 aromatic rings. The van der Waals surface area contributed by atoms with Gasteiger partial charge in [0.05, 0.1) is 0 Å². The van der Waals surface area contributed by atoms with Crippen LogP contribution < -0.4 is 22.1 Å². The van der Waals surface area contributed by atoms with E-state index in [2.05, 4.69) is 35.8 Å². The summed E-state index contributed by atoms with van der Waals surface area (Å²) in [6.45, 7) is 0. The van der Waals surface area contributed by atoms with Crippen LogP contribution in [0.4, 0.5) is 17.5 Å². The Morgan fingerprint density at radius 1 is 1.03 bits per heavy atom. The van der Waals surface area contributed by atoms with E-state index < -0.39 is 5.91 Å². The van der Waals surface area contributed by atoms with Crippen LogP contribution >= 0.6 is 0 Å². The molecule has 1 aliphatic carbocycles. The summed E-state index contributed by atoms with van der Waals surface area (Å²) >= 11 is 0. The Bertz CT molecular complexity index is 1010. The van der Waals surface area contributed by atoms with Gasteiger partial charge < -0.3 is 22.1 Å². The highest BCUT2D eigenvalue weighted by Gasteiger charge is 2.23. The summed E-state index contributed by atoms with van der Waals surface area (Å²) in [6, 6.07) is 9.28. The molecule has 2 atom stereocenters. The summed E-state index contributed by atoms with van der Waals surface area (Å²) < 4.78 is 0.